The second-order valence-electron chi connectivity index (χ2n) is 4.48. The van der Waals surface area contributed by atoms with Crippen LogP contribution in [0.1, 0.15) is 28.4 Å². The quantitative estimate of drug-likeness (QED) is 0.882. The van der Waals surface area contributed by atoms with Gasteiger partial charge in [0, 0.05) is 15.7 Å². The lowest BCUT2D eigenvalue weighted by molar-refractivity contribution is 0.102. The van der Waals surface area contributed by atoms with Gasteiger partial charge >= 0.3 is 0 Å². The SMILES string of the molecule is CCc1ccccc1NC(=O)c1cc(C)cc(Br)c1. The Labute approximate surface area is 122 Å². The van der Waals surface area contributed by atoms with Gasteiger partial charge in [0.15, 0.2) is 0 Å². The molecule has 0 atom stereocenters. The van der Waals surface area contributed by atoms with Gasteiger partial charge in [-0.05, 0) is 48.7 Å². The first-order valence-electron chi connectivity index (χ1n) is 6.26. The van der Waals surface area contributed by atoms with E-state index in [0.717, 1.165) is 27.7 Å². The Morgan fingerprint density at radius 2 is 1.95 bits per heavy atom. The summed E-state index contributed by atoms with van der Waals surface area (Å²) in [6.45, 7) is 4.05. The van der Waals surface area contributed by atoms with Gasteiger partial charge in [-0.15, -0.1) is 0 Å². The summed E-state index contributed by atoms with van der Waals surface area (Å²) in [6.07, 6.45) is 0.897. The molecule has 2 aromatic carbocycles. The number of hydrogen-bond donors (Lipinski definition) is 1. The summed E-state index contributed by atoms with van der Waals surface area (Å²) in [5.74, 6) is -0.0784. The van der Waals surface area contributed by atoms with Gasteiger partial charge in [0.05, 0.1) is 0 Å². The van der Waals surface area contributed by atoms with E-state index in [1.54, 1.807) is 0 Å². The molecule has 2 nitrogen and oxygen atoms in total. The lowest BCUT2D eigenvalue weighted by Crippen LogP contribution is -2.13. The van der Waals surface area contributed by atoms with Crippen LogP contribution >= 0.6 is 15.9 Å². The molecule has 0 fully saturated rings. The molecule has 0 heterocycles. The highest BCUT2D eigenvalue weighted by Gasteiger charge is 2.09. The van der Waals surface area contributed by atoms with E-state index in [4.69, 9.17) is 0 Å². The Hall–Kier alpha value is -1.61. The van der Waals surface area contributed by atoms with Crippen LogP contribution in [0.5, 0.6) is 0 Å². The Bertz CT molecular complexity index is 587. The van der Waals surface area contributed by atoms with E-state index >= 15 is 0 Å². The molecular weight excluding hydrogens is 302 g/mol. The zero-order chi connectivity index (χ0) is 13.8. The van der Waals surface area contributed by atoms with Crippen LogP contribution in [0.25, 0.3) is 0 Å². The number of benzene rings is 2. The van der Waals surface area contributed by atoms with E-state index in [0.29, 0.717) is 5.56 Å². The van der Waals surface area contributed by atoms with Crippen molar-refractivity contribution >= 4 is 27.5 Å². The van der Waals surface area contributed by atoms with Crippen LogP contribution < -0.4 is 5.32 Å². The highest BCUT2D eigenvalue weighted by molar-refractivity contribution is 9.10. The molecule has 0 unspecified atom stereocenters. The molecule has 0 saturated carbocycles. The smallest absolute Gasteiger partial charge is 0.255 e. The van der Waals surface area contributed by atoms with E-state index < -0.39 is 0 Å². The number of anilines is 1. The molecule has 19 heavy (non-hydrogen) atoms. The molecule has 1 N–H and O–H groups in total. The normalized spacial score (nSPS) is 10.3. The zero-order valence-corrected chi connectivity index (χ0v) is 12.6. The van der Waals surface area contributed by atoms with Crippen molar-refractivity contribution < 1.29 is 4.79 Å². The van der Waals surface area contributed by atoms with Crippen molar-refractivity contribution in [1.82, 2.24) is 0 Å². The third-order valence-corrected chi connectivity index (χ3v) is 3.41. The van der Waals surface area contributed by atoms with Gasteiger partial charge in [-0.1, -0.05) is 41.1 Å². The molecule has 3 heteroatoms. The van der Waals surface area contributed by atoms with Crippen LogP contribution in [0.15, 0.2) is 46.9 Å². The van der Waals surface area contributed by atoms with Gasteiger partial charge in [-0.2, -0.15) is 0 Å². The number of carbonyl (C=O) groups is 1. The summed E-state index contributed by atoms with van der Waals surface area (Å²) < 4.78 is 0.918. The van der Waals surface area contributed by atoms with Crippen LogP contribution in [0.4, 0.5) is 5.69 Å². The van der Waals surface area contributed by atoms with Gasteiger partial charge < -0.3 is 5.32 Å². The molecule has 0 aliphatic rings. The molecule has 98 valence electrons. The summed E-state index contributed by atoms with van der Waals surface area (Å²) in [5.41, 5.74) is 3.75. The Kier molecular flexibility index (Phi) is 4.38. The van der Waals surface area contributed by atoms with Gasteiger partial charge in [-0.3, -0.25) is 4.79 Å². The monoisotopic (exact) mass is 317 g/mol. The van der Waals surface area contributed by atoms with Crippen LogP contribution in [0.3, 0.4) is 0 Å². The summed E-state index contributed by atoms with van der Waals surface area (Å²) in [6, 6.07) is 13.6. The van der Waals surface area contributed by atoms with E-state index in [-0.39, 0.29) is 5.91 Å². The molecule has 2 aromatic rings. The molecule has 0 saturated heterocycles. The van der Waals surface area contributed by atoms with Crippen molar-refractivity contribution in [3.8, 4) is 0 Å². The van der Waals surface area contributed by atoms with Crippen molar-refractivity contribution in [3.63, 3.8) is 0 Å². The molecule has 1 amide bonds. The molecule has 0 radical (unpaired) electrons. The lowest BCUT2D eigenvalue weighted by Gasteiger charge is -2.10. The largest absolute Gasteiger partial charge is 0.322 e. The average molecular weight is 318 g/mol. The maximum atomic E-state index is 12.3. The predicted molar refractivity (Wildman–Crippen MR) is 82.7 cm³/mol. The second-order valence-corrected chi connectivity index (χ2v) is 5.40. The third-order valence-electron chi connectivity index (χ3n) is 2.95. The summed E-state index contributed by atoms with van der Waals surface area (Å²) in [7, 11) is 0. The summed E-state index contributed by atoms with van der Waals surface area (Å²) in [5, 5.41) is 2.97. The zero-order valence-electron chi connectivity index (χ0n) is 11.0. The minimum Gasteiger partial charge on any atom is -0.322 e. The average Bonchev–Trinajstić information content (AvgIpc) is 2.38. The molecule has 0 aliphatic carbocycles. The minimum absolute atomic E-state index is 0.0784. The van der Waals surface area contributed by atoms with Crippen molar-refractivity contribution in [3.05, 3.63) is 63.6 Å². The van der Waals surface area contributed by atoms with Gasteiger partial charge in [0.1, 0.15) is 0 Å². The van der Waals surface area contributed by atoms with Crippen molar-refractivity contribution in [2.45, 2.75) is 20.3 Å². The third kappa shape index (κ3) is 3.44. The predicted octanol–water partition coefficient (Wildman–Crippen LogP) is 4.57. The number of nitrogens with one attached hydrogen (secondary N) is 1. The number of para-hydroxylation sites is 1. The van der Waals surface area contributed by atoms with Gasteiger partial charge in [0.2, 0.25) is 0 Å². The second kappa shape index (κ2) is 6.02. The summed E-state index contributed by atoms with van der Waals surface area (Å²) >= 11 is 3.41. The molecule has 0 spiro atoms. The number of halogens is 1. The Balaban J connectivity index is 2.25. The molecule has 0 bridgehead atoms. The number of amides is 1. The van der Waals surface area contributed by atoms with E-state index in [9.17, 15) is 4.79 Å². The first-order valence-corrected chi connectivity index (χ1v) is 7.06. The summed E-state index contributed by atoms with van der Waals surface area (Å²) in [4.78, 5) is 12.3. The lowest BCUT2D eigenvalue weighted by atomic mass is 10.1. The maximum absolute atomic E-state index is 12.3. The Morgan fingerprint density at radius 3 is 2.63 bits per heavy atom. The fourth-order valence-electron chi connectivity index (χ4n) is 2.01. The highest BCUT2D eigenvalue weighted by atomic mass is 79.9. The molecule has 2 rings (SSSR count). The number of rotatable bonds is 3. The Morgan fingerprint density at radius 1 is 1.21 bits per heavy atom. The molecule has 0 aromatic heterocycles. The van der Waals surface area contributed by atoms with Crippen LogP contribution in [-0.4, -0.2) is 5.91 Å². The van der Waals surface area contributed by atoms with Crippen molar-refractivity contribution in [2.75, 3.05) is 5.32 Å². The molecular formula is C16H16BrNO. The van der Waals surface area contributed by atoms with Crippen molar-refractivity contribution in [2.24, 2.45) is 0 Å². The first kappa shape index (κ1) is 13.8. The van der Waals surface area contributed by atoms with Crippen molar-refractivity contribution in [1.29, 1.82) is 0 Å². The standard InChI is InChI=1S/C16H16BrNO/c1-3-12-6-4-5-7-15(12)18-16(19)13-8-11(2)9-14(17)10-13/h4-10H,3H2,1-2H3,(H,18,19). The number of carbonyl (C=O) groups excluding carboxylic acids is 1. The maximum Gasteiger partial charge on any atom is 0.255 e. The minimum atomic E-state index is -0.0784. The highest BCUT2D eigenvalue weighted by Crippen LogP contribution is 2.19. The van der Waals surface area contributed by atoms with Crippen LogP contribution in [0, 0.1) is 6.92 Å². The van der Waals surface area contributed by atoms with E-state index in [1.807, 2.05) is 49.4 Å². The first-order chi connectivity index (χ1) is 9.10. The van der Waals surface area contributed by atoms with E-state index in [1.165, 1.54) is 0 Å². The van der Waals surface area contributed by atoms with Crippen LogP contribution in [-0.2, 0) is 6.42 Å². The van der Waals surface area contributed by atoms with Gasteiger partial charge in [0.25, 0.3) is 5.91 Å². The fourth-order valence-corrected chi connectivity index (χ4v) is 2.62. The van der Waals surface area contributed by atoms with Crippen LogP contribution in [0.2, 0.25) is 0 Å². The number of aryl methyl sites for hydroxylation is 2. The topological polar surface area (TPSA) is 29.1 Å². The fraction of sp³-hybridized carbons (Fsp3) is 0.188. The van der Waals surface area contributed by atoms with Gasteiger partial charge in [-0.25, -0.2) is 0 Å². The number of hydrogen-bond acceptors (Lipinski definition) is 1. The van der Waals surface area contributed by atoms with E-state index in [2.05, 4.69) is 28.2 Å². The molecule has 0 aliphatic heterocycles.